The van der Waals surface area contributed by atoms with Crippen LogP contribution < -0.4 is 4.90 Å². The van der Waals surface area contributed by atoms with E-state index in [9.17, 15) is 4.79 Å². The highest BCUT2D eigenvalue weighted by atomic mass is 16.4. The third kappa shape index (κ3) is 2.63. The van der Waals surface area contributed by atoms with Gasteiger partial charge in [-0.1, -0.05) is 23.8 Å². The van der Waals surface area contributed by atoms with Gasteiger partial charge in [0.2, 0.25) is 0 Å². The number of carboxylic acid groups (broad SMARTS) is 1. The van der Waals surface area contributed by atoms with Gasteiger partial charge in [-0.2, -0.15) is 0 Å². The number of rotatable bonds is 2. The highest BCUT2D eigenvalue weighted by molar-refractivity contribution is 5.80. The number of carbonyl (C=O) groups is 1. The molecule has 1 heterocycles. The van der Waals surface area contributed by atoms with Crippen LogP contribution in [0.2, 0.25) is 0 Å². The molecule has 1 N–H and O–H groups in total. The van der Waals surface area contributed by atoms with E-state index in [1.54, 1.807) is 0 Å². The van der Waals surface area contributed by atoms with Crippen LogP contribution in [0.5, 0.6) is 0 Å². The molecule has 2 rings (SSSR count). The lowest BCUT2D eigenvalue weighted by molar-refractivity contribution is -0.131. The normalized spacial score (nSPS) is 16.0. The Morgan fingerprint density at radius 3 is 2.38 bits per heavy atom. The fourth-order valence-corrected chi connectivity index (χ4v) is 2.01. The molecule has 0 radical (unpaired) electrons. The van der Waals surface area contributed by atoms with Gasteiger partial charge in [-0.05, 0) is 25.0 Å². The van der Waals surface area contributed by atoms with Crippen LogP contribution in [-0.2, 0) is 4.79 Å². The Morgan fingerprint density at radius 2 is 1.81 bits per heavy atom. The standard InChI is InChI=1S/C13H15NO2/c15-13(16)10-11-6-8-14(9-7-11)12-4-2-1-3-5-12/h1-5,10H,6-9H2,(H,15,16). The third-order valence-electron chi connectivity index (χ3n) is 2.85. The molecule has 16 heavy (non-hydrogen) atoms. The second kappa shape index (κ2) is 4.84. The fourth-order valence-electron chi connectivity index (χ4n) is 2.01. The quantitative estimate of drug-likeness (QED) is 0.773. The van der Waals surface area contributed by atoms with Crippen molar-refractivity contribution >= 4 is 11.7 Å². The second-order valence-electron chi connectivity index (χ2n) is 3.96. The average molecular weight is 217 g/mol. The number of para-hydroxylation sites is 1. The van der Waals surface area contributed by atoms with Crippen LogP contribution in [0.25, 0.3) is 0 Å². The van der Waals surface area contributed by atoms with Gasteiger partial charge in [0, 0.05) is 24.9 Å². The summed E-state index contributed by atoms with van der Waals surface area (Å²) in [5, 5.41) is 8.66. The van der Waals surface area contributed by atoms with E-state index in [0.29, 0.717) is 0 Å². The molecule has 1 aromatic rings. The van der Waals surface area contributed by atoms with Crippen molar-refractivity contribution in [3.05, 3.63) is 42.0 Å². The summed E-state index contributed by atoms with van der Waals surface area (Å²) in [5.74, 6) is -0.830. The van der Waals surface area contributed by atoms with E-state index in [1.165, 1.54) is 11.8 Å². The van der Waals surface area contributed by atoms with Gasteiger partial charge in [0.05, 0.1) is 0 Å². The molecule has 0 atom stereocenters. The summed E-state index contributed by atoms with van der Waals surface area (Å²) in [4.78, 5) is 12.8. The summed E-state index contributed by atoms with van der Waals surface area (Å²) in [6.45, 7) is 1.81. The lowest BCUT2D eigenvalue weighted by Crippen LogP contribution is -2.30. The Kier molecular flexibility index (Phi) is 3.25. The van der Waals surface area contributed by atoms with E-state index in [2.05, 4.69) is 17.0 Å². The van der Waals surface area contributed by atoms with Crippen LogP contribution in [-0.4, -0.2) is 24.2 Å². The van der Waals surface area contributed by atoms with Crippen molar-refractivity contribution in [2.45, 2.75) is 12.8 Å². The number of carboxylic acids is 1. The maximum atomic E-state index is 10.5. The van der Waals surface area contributed by atoms with Gasteiger partial charge in [0.15, 0.2) is 0 Å². The minimum atomic E-state index is -0.830. The summed E-state index contributed by atoms with van der Waals surface area (Å²) in [6.07, 6.45) is 3.05. The summed E-state index contributed by atoms with van der Waals surface area (Å²) < 4.78 is 0. The molecule has 0 saturated carbocycles. The number of piperidine rings is 1. The first-order valence-electron chi connectivity index (χ1n) is 5.48. The van der Waals surface area contributed by atoms with Crippen molar-refractivity contribution in [3.8, 4) is 0 Å². The Labute approximate surface area is 95.0 Å². The van der Waals surface area contributed by atoms with Crippen LogP contribution in [0.4, 0.5) is 5.69 Å². The smallest absolute Gasteiger partial charge is 0.328 e. The first kappa shape index (κ1) is 10.7. The van der Waals surface area contributed by atoms with Crippen LogP contribution in [0.15, 0.2) is 42.0 Å². The summed E-state index contributed by atoms with van der Waals surface area (Å²) >= 11 is 0. The van der Waals surface area contributed by atoms with Gasteiger partial charge >= 0.3 is 5.97 Å². The maximum Gasteiger partial charge on any atom is 0.328 e. The SMILES string of the molecule is O=C(O)C=C1CCN(c2ccccc2)CC1. The number of aliphatic carboxylic acids is 1. The number of nitrogens with zero attached hydrogens (tertiary/aromatic N) is 1. The largest absolute Gasteiger partial charge is 0.478 e. The maximum absolute atomic E-state index is 10.5. The predicted molar refractivity (Wildman–Crippen MR) is 63.6 cm³/mol. The molecule has 1 saturated heterocycles. The lowest BCUT2D eigenvalue weighted by atomic mass is 10.0. The molecule has 84 valence electrons. The lowest BCUT2D eigenvalue weighted by Gasteiger charge is -2.30. The Balaban J connectivity index is 1.98. The molecule has 3 heteroatoms. The Morgan fingerprint density at radius 1 is 1.19 bits per heavy atom. The number of anilines is 1. The molecule has 1 aliphatic heterocycles. The molecule has 0 aliphatic carbocycles. The zero-order valence-electron chi connectivity index (χ0n) is 9.10. The van der Waals surface area contributed by atoms with Crippen LogP contribution in [0.1, 0.15) is 12.8 Å². The molecule has 0 spiro atoms. The van der Waals surface area contributed by atoms with Crippen molar-refractivity contribution in [1.82, 2.24) is 0 Å². The molecule has 0 aromatic heterocycles. The van der Waals surface area contributed by atoms with Gasteiger partial charge in [0.25, 0.3) is 0 Å². The molecule has 1 aromatic carbocycles. The Hall–Kier alpha value is -1.77. The number of hydrogen-bond acceptors (Lipinski definition) is 2. The van der Waals surface area contributed by atoms with Gasteiger partial charge in [-0.3, -0.25) is 0 Å². The van der Waals surface area contributed by atoms with Crippen molar-refractivity contribution in [1.29, 1.82) is 0 Å². The van der Waals surface area contributed by atoms with E-state index in [1.807, 2.05) is 18.2 Å². The monoisotopic (exact) mass is 217 g/mol. The van der Waals surface area contributed by atoms with Gasteiger partial charge < -0.3 is 10.0 Å². The minimum Gasteiger partial charge on any atom is -0.478 e. The van der Waals surface area contributed by atoms with Gasteiger partial charge in [-0.25, -0.2) is 4.79 Å². The molecule has 0 bridgehead atoms. The van der Waals surface area contributed by atoms with E-state index in [0.717, 1.165) is 31.5 Å². The average Bonchev–Trinajstić information content (AvgIpc) is 2.30. The van der Waals surface area contributed by atoms with Crippen molar-refractivity contribution in [2.24, 2.45) is 0 Å². The van der Waals surface area contributed by atoms with Crippen LogP contribution in [0.3, 0.4) is 0 Å². The fraction of sp³-hybridized carbons (Fsp3) is 0.308. The van der Waals surface area contributed by atoms with E-state index in [4.69, 9.17) is 5.11 Å². The molecule has 3 nitrogen and oxygen atoms in total. The second-order valence-corrected chi connectivity index (χ2v) is 3.96. The summed E-state index contributed by atoms with van der Waals surface area (Å²) in [5.41, 5.74) is 2.26. The molecular weight excluding hydrogens is 202 g/mol. The number of hydrogen-bond donors (Lipinski definition) is 1. The topological polar surface area (TPSA) is 40.5 Å². The predicted octanol–water partition coefficient (Wildman–Crippen LogP) is 2.30. The van der Waals surface area contributed by atoms with E-state index in [-0.39, 0.29) is 0 Å². The Bertz CT molecular complexity index is 388. The zero-order valence-corrected chi connectivity index (χ0v) is 9.10. The first-order valence-corrected chi connectivity index (χ1v) is 5.48. The molecular formula is C13H15NO2. The molecule has 1 fully saturated rings. The van der Waals surface area contributed by atoms with Crippen LogP contribution in [0, 0.1) is 0 Å². The summed E-state index contributed by atoms with van der Waals surface area (Å²) in [7, 11) is 0. The van der Waals surface area contributed by atoms with Crippen molar-refractivity contribution in [3.63, 3.8) is 0 Å². The molecule has 0 unspecified atom stereocenters. The molecule has 0 amide bonds. The van der Waals surface area contributed by atoms with E-state index < -0.39 is 5.97 Å². The third-order valence-corrected chi connectivity index (χ3v) is 2.85. The summed E-state index contributed by atoms with van der Waals surface area (Å²) in [6, 6.07) is 10.2. The number of benzene rings is 1. The van der Waals surface area contributed by atoms with Gasteiger partial charge in [0.1, 0.15) is 0 Å². The van der Waals surface area contributed by atoms with Crippen molar-refractivity contribution < 1.29 is 9.90 Å². The first-order chi connectivity index (χ1) is 7.75. The zero-order chi connectivity index (χ0) is 11.4. The van der Waals surface area contributed by atoms with Gasteiger partial charge in [-0.15, -0.1) is 0 Å². The minimum absolute atomic E-state index is 0.830. The molecule has 1 aliphatic rings. The van der Waals surface area contributed by atoms with Crippen molar-refractivity contribution in [2.75, 3.05) is 18.0 Å². The van der Waals surface area contributed by atoms with Crippen LogP contribution >= 0.6 is 0 Å². The highest BCUT2D eigenvalue weighted by Crippen LogP contribution is 2.22. The highest BCUT2D eigenvalue weighted by Gasteiger charge is 2.14. The van der Waals surface area contributed by atoms with E-state index >= 15 is 0 Å².